The number of rotatable bonds is 13. The molecule has 0 aliphatic rings. The van der Waals surface area contributed by atoms with E-state index in [0.717, 1.165) is 61.6 Å². The minimum atomic E-state index is -0.147. The van der Waals surface area contributed by atoms with Crippen LogP contribution in [0.4, 0.5) is 0 Å². The zero-order valence-electron chi connectivity index (χ0n) is 28.1. The summed E-state index contributed by atoms with van der Waals surface area (Å²) in [4.78, 5) is 36.6. The van der Waals surface area contributed by atoms with Crippen molar-refractivity contribution in [3.05, 3.63) is 149 Å². The van der Waals surface area contributed by atoms with E-state index in [-0.39, 0.29) is 11.6 Å². The Hall–Kier alpha value is -6.27. The monoisotopic (exact) mass is 660 g/mol. The number of allylic oxidation sites excluding steroid dienone is 2. The Morgan fingerprint density at radius 3 is 1.42 bits per heavy atom. The number of ketones is 2. The van der Waals surface area contributed by atoms with Gasteiger partial charge in [-0.2, -0.15) is 0 Å². The minimum Gasteiger partial charge on any atom is -0.497 e. The Kier molecular flexibility index (Phi) is 10.3. The van der Waals surface area contributed by atoms with Crippen LogP contribution in [0.15, 0.2) is 121 Å². The van der Waals surface area contributed by atoms with Crippen LogP contribution >= 0.6 is 0 Å². The van der Waals surface area contributed by atoms with Gasteiger partial charge in [0.1, 0.15) is 23.5 Å². The van der Waals surface area contributed by atoms with Gasteiger partial charge in [-0.15, -0.1) is 0 Å². The lowest BCUT2D eigenvalue weighted by Crippen LogP contribution is -1.99. The average Bonchev–Trinajstić information content (AvgIpc) is 3.16. The zero-order valence-corrected chi connectivity index (χ0v) is 28.1. The maximum absolute atomic E-state index is 12.9. The van der Waals surface area contributed by atoms with E-state index in [0.29, 0.717) is 35.7 Å². The number of hydrogen-bond acceptors (Lipinski definition) is 6. The first-order valence-electron chi connectivity index (χ1n) is 16.5. The third-order valence-corrected chi connectivity index (χ3v) is 8.42. The lowest BCUT2D eigenvalue weighted by molar-refractivity contribution is 0.103. The molecule has 0 N–H and O–H groups in total. The number of aldehydes is 1. The van der Waals surface area contributed by atoms with Gasteiger partial charge >= 0.3 is 0 Å². The molecular weight excluding hydrogens is 624 g/mol. The third kappa shape index (κ3) is 7.25. The van der Waals surface area contributed by atoms with Crippen molar-refractivity contribution in [2.24, 2.45) is 0 Å². The molecule has 0 amide bonds. The highest BCUT2D eigenvalue weighted by Crippen LogP contribution is 2.46. The van der Waals surface area contributed by atoms with Gasteiger partial charge in [-0.3, -0.25) is 14.4 Å². The Bertz CT molecular complexity index is 2260. The first kappa shape index (κ1) is 33.6. The molecule has 6 aromatic carbocycles. The molecule has 6 aromatic rings. The van der Waals surface area contributed by atoms with E-state index in [9.17, 15) is 14.4 Å². The predicted molar refractivity (Wildman–Crippen MR) is 201 cm³/mol. The number of fused-ring (bicyclic) bond motifs is 2. The van der Waals surface area contributed by atoms with Crippen LogP contribution in [-0.2, 0) is 0 Å². The smallest absolute Gasteiger partial charge is 0.185 e. The number of carbonyl (C=O) groups is 3. The Morgan fingerprint density at radius 1 is 0.560 bits per heavy atom. The van der Waals surface area contributed by atoms with Gasteiger partial charge < -0.3 is 14.2 Å². The summed E-state index contributed by atoms with van der Waals surface area (Å²) in [5.41, 5.74) is 5.21. The minimum absolute atomic E-state index is 0.0935. The van der Waals surface area contributed by atoms with E-state index in [4.69, 9.17) is 14.2 Å². The fourth-order valence-corrected chi connectivity index (χ4v) is 5.95. The summed E-state index contributed by atoms with van der Waals surface area (Å²) in [7, 11) is 1.60. The second-order valence-electron chi connectivity index (χ2n) is 11.6. The molecule has 0 heterocycles. The molecule has 0 aliphatic carbocycles. The second kappa shape index (κ2) is 15.3. The van der Waals surface area contributed by atoms with Gasteiger partial charge in [0.15, 0.2) is 11.6 Å². The van der Waals surface area contributed by atoms with Crippen molar-refractivity contribution in [3.63, 3.8) is 0 Å². The van der Waals surface area contributed by atoms with E-state index in [1.807, 2.05) is 68.5 Å². The van der Waals surface area contributed by atoms with Crippen LogP contribution in [0.5, 0.6) is 17.2 Å². The number of ether oxygens (including phenoxy) is 3. The van der Waals surface area contributed by atoms with Gasteiger partial charge in [0.25, 0.3) is 0 Å². The molecule has 248 valence electrons. The van der Waals surface area contributed by atoms with Gasteiger partial charge in [-0.1, -0.05) is 72.8 Å². The molecule has 0 bridgehead atoms. The first-order chi connectivity index (χ1) is 24.4. The van der Waals surface area contributed by atoms with Crippen LogP contribution in [0.3, 0.4) is 0 Å². The molecule has 0 aromatic heterocycles. The first-order valence-corrected chi connectivity index (χ1v) is 16.5. The maximum atomic E-state index is 12.9. The van der Waals surface area contributed by atoms with Crippen molar-refractivity contribution in [2.75, 3.05) is 20.3 Å². The summed E-state index contributed by atoms with van der Waals surface area (Å²) < 4.78 is 17.6. The molecule has 0 aliphatic heterocycles. The Balaban J connectivity index is 1.39. The van der Waals surface area contributed by atoms with Gasteiger partial charge in [-0.05, 0) is 107 Å². The van der Waals surface area contributed by atoms with E-state index < -0.39 is 0 Å². The molecule has 0 fully saturated rings. The standard InChI is InChI=1S/C44H36O6/c1-4-49-41-24-16-34-26-29(10-22-39(46)32-12-6-31(28-45)7-13-32)8-20-37(34)43(41)44-38-21-9-30(27-35(38)17-25-42(44)50-5-2)11-23-40(47)33-14-18-36(48-3)19-15-33/h6-28H,4-5H2,1-3H3/b22-10-,23-11-. The van der Waals surface area contributed by atoms with Crippen molar-refractivity contribution in [2.45, 2.75) is 13.8 Å². The average molecular weight is 661 g/mol. The number of methoxy groups -OCH3 is 1. The number of benzene rings is 6. The van der Waals surface area contributed by atoms with Crippen molar-refractivity contribution >= 4 is 51.5 Å². The zero-order chi connectivity index (χ0) is 35.0. The molecule has 50 heavy (non-hydrogen) atoms. The SMILES string of the molecule is CCOc1ccc2cc(/C=C\C(=O)c3ccc(C=O)cc3)ccc2c1-c1c(OCC)ccc2cc(/C=C\C(=O)c3ccc(OC)cc3)ccc12. The lowest BCUT2D eigenvalue weighted by atomic mass is 9.91. The van der Waals surface area contributed by atoms with Crippen LogP contribution in [0.1, 0.15) is 56.0 Å². The quantitative estimate of drug-likeness (QED) is 0.0697. The van der Waals surface area contributed by atoms with Gasteiger partial charge in [0.2, 0.25) is 0 Å². The molecule has 6 nitrogen and oxygen atoms in total. The number of hydrogen-bond donors (Lipinski definition) is 0. The van der Waals surface area contributed by atoms with Crippen molar-refractivity contribution in [3.8, 4) is 28.4 Å². The van der Waals surface area contributed by atoms with E-state index in [2.05, 4.69) is 12.1 Å². The molecule has 6 rings (SSSR count). The summed E-state index contributed by atoms with van der Waals surface area (Å²) >= 11 is 0. The molecule has 0 atom stereocenters. The molecule has 6 heteroatoms. The summed E-state index contributed by atoms with van der Waals surface area (Å²) in [5.74, 6) is 1.93. The van der Waals surface area contributed by atoms with Gasteiger partial charge in [-0.25, -0.2) is 0 Å². The Morgan fingerprint density at radius 2 is 1.00 bits per heavy atom. The lowest BCUT2D eigenvalue weighted by Gasteiger charge is -2.19. The van der Waals surface area contributed by atoms with E-state index >= 15 is 0 Å². The van der Waals surface area contributed by atoms with Crippen molar-refractivity contribution in [1.82, 2.24) is 0 Å². The highest BCUT2D eigenvalue weighted by atomic mass is 16.5. The molecule has 0 spiro atoms. The fourth-order valence-electron chi connectivity index (χ4n) is 5.95. The largest absolute Gasteiger partial charge is 0.497 e. The topological polar surface area (TPSA) is 78.9 Å². The maximum Gasteiger partial charge on any atom is 0.185 e. The van der Waals surface area contributed by atoms with Crippen LogP contribution in [0, 0.1) is 0 Å². The van der Waals surface area contributed by atoms with Crippen LogP contribution < -0.4 is 14.2 Å². The molecule has 0 saturated carbocycles. The fraction of sp³-hybridized carbons (Fsp3) is 0.114. The summed E-state index contributed by atoms with van der Waals surface area (Å²) in [6.07, 6.45) is 7.50. The van der Waals surface area contributed by atoms with Crippen LogP contribution in [0.2, 0.25) is 0 Å². The number of carbonyl (C=O) groups excluding carboxylic acids is 3. The summed E-state index contributed by atoms with van der Waals surface area (Å²) in [6, 6.07) is 33.8. The highest BCUT2D eigenvalue weighted by molar-refractivity contribution is 6.11. The molecule has 0 saturated heterocycles. The van der Waals surface area contributed by atoms with Gasteiger partial charge in [0, 0.05) is 27.8 Å². The third-order valence-electron chi connectivity index (χ3n) is 8.42. The van der Waals surface area contributed by atoms with Crippen molar-refractivity contribution < 1.29 is 28.6 Å². The summed E-state index contributed by atoms with van der Waals surface area (Å²) in [5, 5.41) is 3.93. The molecule has 0 radical (unpaired) electrons. The van der Waals surface area contributed by atoms with E-state index in [1.54, 1.807) is 73.9 Å². The van der Waals surface area contributed by atoms with Crippen molar-refractivity contribution in [1.29, 1.82) is 0 Å². The molecule has 0 unspecified atom stereocenters. The second-order valence-corrected chi connectivity index (χ2v) is 11.6. The summed E-state index contributed by atoms with van der Waals surface area (Å²) in [6.45, 7) is 4.90. The molecular formula is C44H36O6. The normalized spacial score (nSPS) is 11.3. The van der Waals surface area contributed by atoms with E-state index in [1.165, 1.54) is 0 Å². The highest BCUT2D eigenvalue weighted by Gasteiger charge is 2.19. The Labute approximate surface area is 291 Å². The van der Waals surface area contributed by atoms with Crippen LogP contribution in [0.25, 0.3) is 44.8 Å². The van der Waals surface area contributed by atoms with Crippen LogP contribution in [-0.4, -0.2) is 38.2 Å². The van der Waals surface area contributed by atoms with Gasteiger partial charge in [0.05, 0.1) is 20.3 Å². The predicted octanol–water partition coefficient (Wildman–Crippen LogP) is 10.1.